The summed E-state index contributed by atoms with van der Waals surface area (Å²) in [7, 11) is 0. The number of benzene rings is 1. The van der Waals surface area contributed by atoms with E-state index in [2.05, 4.69) is 0 Å². The molecule has 0 bridgehead atoms. The van der Waals surface area contributed by atoms with Crippen LogP contribution >= 0.6 is 0 Å². The van der Waals surface area contributed by atoms with Crippen molar-refractivity contribution in [1.29, 1.82) is 0 Å². The molecule has 0 saturated carbocycles. The minimum absolute atomic E-state index is 0.0650. The molecule has 0 aliphatic carbocycles. The van der Waals surface area contributed by atoms with Gasteiger partial charge in [0.25, 0.3) is 5.91 Å². The first-order valence-electron chi connectivity index (χ1n) is 6.77. The number of hydrogen-bond acceptors (Lipinski definition) is 3. The molecule has 1 aliphatic heterocycles. The van der Waals surface area contributed by atoms with Crippen LogP contribution in [0.15, 0.2) is 12.1 Å². The molecule has 1 aromatic rings. The molecule has 4 heteroatoms. The first-order valence-corrected chi connectivity index (χ1v) is 6.77. The van der Waals surface area contributed by atoms with E-state index >= 15 is 0 Å². The number of aryl methyl sites for hydroxylation is 2. The molecule has 2 atom stereocenters. The molecule has 1 aliphatic rings. The molecular weight excluding hydrogens is 240 g/mol. The van der Waals surface area contributed by atoms with Crippen LogP contribution in [0.25, 0.3) is 0 Å². The van der Waals surface area contributed by atoms with E-state index in [0.29, 0.717) is 12.1 Å². The molecule has 4 nitrogen and oxygen atoms in total. The SMILES string of the molecule is Cc1cc(O)c(C(=O)N2CC[C@H](N)C[C@@H]2C)cc1C. The Bertz CT molecular complexity index is 499. The summed E-state index contributed by atoms with van der Waals surface area (Å²) in [6.45, 7) is 6.54. The zero-order valence-corrected chi connectivity index (χ0v) is 11.8. The Hall–Kier alpha value is -1.55. The van der Waals surface area contributed by atoms with Crippen molar-refractivity contribution in [3.05, 3.63) is 28.8 Å². The van der Waals surface area contributed by atoms with Crippen LogP contribution in [0.3, 0.4) is 0 Å². The van der Waals surface area contributed by atoms with Crippen molar-refractivity contribution in [3.8, 4) is 5.75 Å². The zero-order valence-electron chi connectivity index (χ0n) is 11.8. The van der Waals surface area contributed by atoms with Crippen molar-refractivity contribution in [1.82, 2.24) is 4.90 Å². The minimum atomic E-state index is -0.0972. The summed E-state index contributed by atoms with van der Waals surface area (Å²) in [5.74, 6) is -0.0322. The fourth-order valence-electron chi connectivity index (χ4n) is 2.64. The van der Waals surface area contributed by atoms with Crippen LogP contribution in [0, 0.1) is 13.8 Å². The number of nitrogens with two attached hydrogens (primary N) is 1. The molecule has 0 unspecified atom stereocenters. The molecule has 3 N–H and O–H groups in total. The Morgan fingerprint density at radius 2 is 2.00 bits per heavy atom. The van der Waals surface area contributed by atoms with E-state index in [1.165, 1.54) is 0 Å². The lowest BCUT2D eigenvalue weighted by Crippen LogP contribution is -2.48. The van der Waals surface area contributed by atoms with Crippen LogP contribution in [0.5, 0.6) is 5.75 Å². The quantitative estimate of drug-likeness (QED) is 0.813. The Kier molecular flexibility index (Phi) is 3.80. The predicted molar refractivity (Wildman–Crippen MR) is 75.3 cm³/mol. The normalized spacial score (nSPS) is 23.5. The number of carbonyl (C=O) groups excluding carboxylic acids is 1. The zero-order chi connectivity index (χ0) is 14.2. The van der Waals surface area contributed by atoms with Gasteiger partial charge in [-0.05, 0) is 56.9 Å². The summed E-state index contributed by atoms with van der Waals surface area (Å²) in [5, 5.41) is 9.98. The summed E-state index contributed by atoms with van der Waals surface area (Å²) in [4.78, 5) is 14.3. The topological polar surface area (TPSA) is 66.6 Å². The first kappa shape index (κ1) is 13.9. The number of phenolic OH excluding ortho intramolecular Hbond substituents is 1. The Labute approximate surface area is 114 Å². The van der Waals surface area contributed by atoms with E-state index in [9.17, 15) is 9.90 Å². The number of piperidine rings is 1. The van der Waals surface area contributed by atoms with Gasteiger partial charge in [-0.2, -0.15) is 0 Å². The van der Waals surface area contributed by atoms with Crippen molar-refractivity contribution in [2.45, 2.75) is 45.7 Å². The van der Waals surface area contributed by atoms with E-state index in [0.717, 1.165) is 24.0 Å². The number of rotatable bonds is 1. The Balaban J connectivity index is 2.27. The lowest BCUT2D eigenvalue weighted by atomic mass is 9.97. The average molecular weight is 262 g/mol. The summed E-state index contributed by atoms with van der Waals surface area (Å²) in [5.41, 5.74) is 8.31. The van der Waals surface area contributed by atoms with Gasteiger partial charge in [0.05, 0.1) is 5.56 Å². The van der Waals surface area contributed by atoms with Crippen LogP contribution in [0.1, 0.15) is 41.3 Å². The maximum Gasteiger partial charge on any atom is 0.257 e. The van der Waals surface area contributed by atoms with Crippen LogP contribution in [-0.4, -0.2) is 34.5 Å². The van der Waals surface area contributed by atoms with Gasteiger partial charge < -0.3 is 15.7 Å². The van der Waals surface area contributed by atoms with Gasteiger partial charge in [-0.1, -0.05) is 0 Å². The first-order chi connectivity index (χ1) is 8.90. The summed E-state index contributed by atoms with van der Waals surface area (Å²) in [6, 6.07) is 3.72. The van der Waals surface area contributed by atoms with Gasteiger partial charge in [0.1, 0.15) is 5.75 Å². The highest BCUT2D eigenvalue weighted by Crippen LogP contribution is 2.26. The molecular formula is C15H22N2O2. The lowest BCUT2D eigenvalue weighted by Gasteiger charge is -2.36. The van der Waals surface area contributed by atoms with Crippen LogP contribution in [0.2, 0.25) is 0 Å². The van der Waals surface area contributed by atoms with E-state index in [1.54, 1.807) is 12.1 Å². The third kappa shape index (κ3) is 2.73. The Morgan fingerprint density at radius 3 is 2.63 bits per heavy atom. The number of amides is 1. The van der Waals surface area contributed by atoms with E-state index in [4.69, 9.17) is 5.73 Å². The summed E-state index contributed by atoms with van der Waals surface area (Å²) in [6.07, 6.45) is 1.64. The molecule has 104 valence electrons. The van der Waals surface area contributed by atoms with Gasteiger partial charge in [-0.15, -0.1) is 0 Å². The van der Waals surface area contributed by atoms with Crippen molar-refractivity contribution < 1.29 is 9.90 Å². The van der Waals surface area contributed by atoms with Gasteiger partial charge in [0.2, 0.25) is 0 Å². The van der Waals surface area contributed by atoms with Crippen molar-refractivity contribution >= 4 is 5.91 Å². The second-order valence-corrected chi connectivity index (χ2v) is 5.59. The molecule has 1 aromatic carbocycles. The van der Waals surface area contributed by atoms with Gasteiger partial charge in [0, 0.05) is 18.6 Å². The number of carbonyl (C=O) groups is 1. The fourth-order valence-corrected chi connectivity index (χ4v) is 2.64. The molecule has 19 heavy (non-hydrogen) atoms. The summed E-state index contributed by atoms with van der Waals surface area (Å²) >= 11 is 0. The largest absolute Gasteiger partial charge is 0.507 e. The molecule has 1 heterocycles. The number of nitrogens with zero attached hydrogens (tertiary/aromatic N) is 1. The van der Waals surface area contributed by atoms with E-state index in [1.807, 2.05) is 25.7 Å². The third-order valence-corrected chi connectivity index (χ3v) is 4.02. The second kappa shape index (κ2) is 5.21. The van der Waals surface area contributed by atoms with Crippen LogP contribution in [-0.2, 0) is 0 Å². The van der Waals surface area contributed by atoms with Gasteiger partial charge in [0.15, 0.2) is 0 Å². The monoisotopic (exact) mass is 262 g/mol. The number of likely N-dealkylation sites (tertiary alicyclic amines) is 1. The highest BCUT2D eigenvalue weighted by atomic mass is 16.3. The predicted octanol–water partition coefficient (Wildman–Crippen LogP) is 1.96. The highest BCUT2D eigenvalue weighted by Gasteiger charge is 2.29. The maximum atomic E-state index is 12.5. The van der Waals surface area contributed by atoms with Crippen LogP contribution < -0.4 is 5.73 Å². The second-order valence-electron chi connectivity index (χ2n) is 5.59. The molecule has 0 spiro atoms. The number of aromatic hydroxyl groups is 1. The average Bonchev–Trinajstić information content (AvgIpc) is 2.33. The maximum absolute atomic E-state index is 12.5. The van der Waals surface area contributed by atoms with Gasteiger partial charge in [-0.25, -0.2) is 0 Å². The van der Waals surface area contributed by atoms with Crippen molar-refractivity contribution in [2.24, 2.45) is 5.73 Å². The molecule has 2 rings (SSSR count). The van der Waals surface area contributed by atoms with Gasteiger partial charge in [-0.3, -0.25) is 4.79 Å². The smallest absolute Gasteiger partial charge is 0.257 e. The van der Waals surface area contributed by atoms with Crippen LogP contribution in [0.4, 0.5) is 0 Å². The van der Waals surface area contributed by atoms with E-state index in [-0.39, 0.29) is 23.7 Å². The fraction of sp³-hybridized carbons (Fsp3) is 0.533. The molecule has 0 aromatic heterocycles. The third-order valence-electron chi connectivity index (χ3n) is 4.02. The number of hydrogen-bond donors (Lipinski definition) is 2. The molecule has 0 radical (unpaired) electrons. The standard InChI is InChI=1S/C15H22N2O2/c1-9-6-13(14(18)7-10(9)2)15(19)17-5-4-12(16)8-11(17)3/h6-7,11-12,18H,4-5,8,16H2,1-3H3/t11-,12-/m0/s1. The highest BCUT2D eigenvalue weighted by molar-refractivity contribution is 5.97. The molecule has 1 amide bonds. The minimum Gasteiger partial charge on any atom is -0.507 e. The van der Waals surface area contributed by atoms with Crippen molar-refractivity contribution in [3.63, 3.8) is 0 Å². The Morgan fingerprint density at radius 1 is 1.37 bits per heavy atom. The van der Waals surface area contributed by atoms with Gasteiger partial charge >= 0.3 is 0 Å². The molecule has 1 saturated heterocycles. The van der Waals surface area contributed by atoms with E-state index < -0.39 is 0 Å². The number of phenols is 1. The lowest BCUT2D eigenvalue weighted by molar-refractivity contribution is 0.0616. The molecule has 1 fully saturated rings. The summed E-state index contributed by atoms with van der Waals surface area (Å²) < 4.78 is 0. The van der Waals surface area contributed by atoms with Crippen molar-refractivity contribution in [2.75, 3.05) is 6.54 Å².